The van der Waals surface area contributed by atoms with Crippen LogP contribution < -0.4 is 0 Å². The number of epoxide rings is 1. The highest BCUT2D eigenvalue weighted by Gasteiger charge is 2.60. The van der Waals surface area contributed by atoms with Gasteiger partial charge in [-0.15, -0.1) is 0 Å². The first-order valence-electron chi connectivity index (χ1n) is 9.93. The first kappa shape index (κ1) is 21.7. The highest BCUT2D eigenvalue weighted by molar-refractivity contribution is 5.87. The van der Waals surface area contributed by atoms with E-state index in [2.05, 4.69) is 33.8 Å². The van der Waals surface area contributed by atoms with Crippen molar-refractivity contribution in [3.63, 3.8) is 0 Å². The van der Waals surface area contributed by atoms with E-state index in [1.807, 2.05) is 6.92 Å². The molecule has 5 heteroatoms. The Morgan fingerprint density at radius 1 is 1.30 bits per heavy atom. The normalized spacial score (nSPS) is 34.4. The van der Waals surface area contributed by atoms with Gasteiger partial charge in [0.1, 0.15) is 18.3 Å². The van der Waals surface area contributed by atoms with E-state index in [0.29, 0.717) is 12.0 Å². The molecule has 1 aliphatic carbocycles. The van der Waals surface area contributed by atoms with Crippen LogP contribution in [-0.2, 0) is 23.8 Å². The van der Waals surface area contributed by atoms with Gasteiger partial charge in [0.05, 0.1) is 5.60 Å². The molecule has 1 saturated heterocycles. The number of carbonyl (C=O) groups is 2. The minimum Gasteiger partial charge on any atom is -0.459 e. The number of esters is 2. The molecule has 2 rings (SSSR count). The number of hydrogen-bond donors (Lipinski definition) is 0. The molecule has 0 saturated carbocycles. The van der Waals surface area contributed by atoms with Gasteiger partial charge in [-0.05, 0) is 46.5 Å². The number of rotatable bonds is 4. The van der Waals surface area contributed by atoms with Gasteiger partial charge in [0.25, 0.3) is 0 Å². The molecule has 0 N–H and O–H groups in total. The Bertz CT molecular complexity index is 633. The summed E-state index contributed by atoms with van der Waals surface area (Å²) in [5, 5.41) is 0. The van der Waals surface area contributed by atoms with Gasteiger partial charge in [0.15, 0.2) is 0 Å². The molecule has 2 aliphatic rings. The van der Waals surface area contributed by atoms with Crippen LogP contribution in [-0.4, -0.2) is 35.9 Å². The number of hydrogen-bond acceptors (Lipinski definition) is 5. The van der Waals surface area contributed by atoms with Crippen molar-refractivity contribution < 1.29 is 23.8 Å². The summed E-state index contributed by atoms with van der Waals surface area (Å²) in [5.74, 6) is -0.642. The smallest absolute Gasteiger partial charge is 0.333 e. The summed E-state index contributed by atoms with van der Waals surface area (Å²) in [6, 6.07) is 0. The van der Waals surface area contributed by atoms with E-state index in [-0.39, 0.29) is 41.6 Å². The zero-order valence-electron chi connectivity index (χ0n) is 17.7. The van der Waals surface area contributed by atoms with Crippen molar-refractivity contribution in [2.24, 2.45) is 11.8 Å². The molecular formula is C22H34O5. The third kappa shape index (κ3) is 5.22. The largest absolute Gasteiger partial charge is 0.459 e. The quantitative estimate of drug-likeness (QED) is 0.315. The van der Waals surface area contributed by atoms with Crippen molar-refractivity contribution in [3.8, 4) is 0 Å². The van der Waals surface area contributed by atoms with Crippen molar-refractivity contribution in [2.75, 3.05) is 0 Å². The van der Waals surface area contributed by atoms with Crippen LogP contribution in [0.2, 0.25) is 0 Å². The lowest BCUT2D eigenvalue weighted by atomic mass is 9.78. The van der Waals surface area contributed by atoms with Crippen LogP contribution in [0, 0.1) is 11.8 Å². The third-order valence-corrected chi connectivity index (χ3v) is 5.79. The molecule has 0 aromatic carbocycles. The summed E-state index contributed by atoms with van der Waals surface area (Å²) < 4.78 is 17.7. The Morgan fingerprint density at radius 2 is 1.96 bits per heavy atom. The molecule has 0 amide bonds. The van der Waals surface area contributed by atoms with Crippen molar-refractivity contribution in [1.29, 1.82) is 0 Å². The van der Waals surface area contributed by atoms with Crippen LogP contribution in [0.1, 0.15) is 67.7 Å². The van der Waals surface area contributed by atoms with Gasteiger partial charge in [-0.2, -0.15) is 0 Å². The average molecular weight is 379 g/mol. The second kappa shape index (κ2) is 8.59. The fourth-order valence-electron chi connectivity index (χ4n) is 4.04. The van der Waals surface area contributed by atoms with Gasteiger partial charge in [-0.3, -0.25) is 4.79 Å². The maximum absolute atomic E-state index is 12.5. The maximum Gasteiger partial charge on any atom is 0.333 e. The molecule has 0 radical (unpaired) electrons. The monoisotopic (exact) mass is 378 g/mol. The second-order valence-corrected chi connectivity index (χ2v) is 8.46. The molecule has 0 aromatic heterocycles. The zero-order valence-corrected chi connectivity index (χ0v) is 17.7. The van der Waals surface area contributed by atoms with Crippen LogP contribution >= 0.6 is 0 Å². The van der Waals surface area contributed by atoms with Gasteiger partial charge in [-0.1, -0.05) is 31.6 Å². The van der Waals surface area contributed by atoms with E-state index in [9.17, 15) is 9.59 Å². The first-order valence-corrected chi connectivity index (χ1v) is 9.93. The van der Waals surface area contributed by atoms with E-state index in [1.165, 1.54) is 12.5 Å². The lowest BCUT2D eigenvalue weighted by molar-refractivity contribution is -0.162. The van der Waals surface area contributed by atoms with E-state index in [1.54, 1.807) is 13.0 Å². The van der Waals surface area contributed by atoms with Crippen molar-refractivity contribution in [2.45, 2.75) is 91.6 Å². The van der Waals surface area contributed by atoms with E-state index in [0.717, 1.165) is 12.8 Å². The predicted molar refractivity (Wildman–Crippen MR) is 104 cm³/mol. The molecule has 1 fully saturated rings. The van der Waals surface area contributed by atoms with Gasteiger partial charge in [0, 0.05) is 24.8 Å². The van der Waals surface area contributed by atoms with Gasteiger partial charge in [-0.25, -0.2) is 4.79 Å². The Hall–Kier alpha value is -1.62. The Morgan fingerprint density at radius 3 is 2.52 bits per heavy atom. The second-order valence-electron chi connectivity index (χ2n) is 8.46. The number of allylic oxidation sites excluding steroid dienone is 2. The van der Waals surface area contributed by atoms with Crippen LogP contribution in [0.3, 0.4) is 0 Å². The highest BCUT2D eigenvalue weighted by atomic mass is 16.6. The summed E-state index contributed by atoms with van der Waals surface area (Å²) in [6.45, 7) is 13.3. The zero-order chi connectivity index (χ0) is 20.4. The summed E-state index contributed by atoms with van der Waals surface area (Å²) >= 11 is 0. The molecule has 1 heterocycles. The summed E-state index contributed by atoms with van der Waals surface area (Å²) in [6.07, 6.45) is 5.40. The molecule has 5 atom stereocenters. The van der Waals surface area contributed by atoms with E-state index >= 15 is 0 Å². The van der Waals surface area contributed by atoms with Crippen molar-refractivity contribution in [3.05, 3.63) is 23.3 Å². The van der Waals surface area contributed by atoms with E-state index in [4.69, 9.17) is 14.2 Å². The minimum absolute atomic E-state index is 0.143. The summed E-state index contributed by atoms with van der Waals surface area (Å²) in [5.41, 5.74) is 1.46. The minimum atomic E-state index is -0.429. The van der Waals surface area contributed by atoms with Gasteiger partial charge in [0.2, 0.25) is 0 Å². The van der Waals surface area contributed by atoms with Crippen LogP contribution in [0.4, 0.5) is 0 Å². The maximum atomic E-state index is 12.5. The van der Waals surface area contributed by atoms with Crippen LogP contribution in [0.25, 0.3) is 0 Å². The summed E-state index contributed by atoms with van der Waals surface area (Å²) in [7, 11) is 0. The Kier molecular flexibility index (Phi) is 6.90. The third-order valence-electron chi connectivity index (χ3n) is 5.79. The first-order chi connectivity index (χ1) is 12.6. The molecule has 27 heavy (non-hydrogen) atoms. The summed E-state index contributed by atoms with van der Waals surface area (Å²) in [4.78, 5) is 24.3. The fraction of sp³-hybridized carbons (Fsp3) is 0.727. The molecule has 0 spiro atoms. The predicted octanol–water partition coefficient (Wildman–Crippen LogP) is 4.36. The van der Waals surface area contributed by atoms with Crippen molar-refractivity contribution >= 4 is 11.9 Å². The SMILES string of the molecule is CC=C(C)C(=O)OC1CC(C)=CCCC2(C)OC2C(OC(C)=O)C1C(C)C. The molecule has 5 unspecified atom stereocenters. The van der Waals surface area contributed by atoms with Crippen LogP contribution in [0.15, 0.2) is 23.3 Å². The molecule has 0 aromatic rings. The van der Waals surface area contributed by atoms with E-state index < -0.39 is 6.10 Å². The molecular weight excluding hydrogens is 344 g/mol. The average Bonchev–Trinajstić information content (AvgIpc) is 3.23. The van der Waals surface area contributed by atoms with Crippen molar-refractivity contribution in [1.82, 2.24) is 0 Å². The van der Waals surface area contributed by atoms with Crippen LogP contribution in [0.5, 0.6) is 0 Å². The lowest BCUT2D eigenvalue weighted by Gasteiger charge is -2.36. The number of ether oxygens (including phenoxy) is 3. The Labute approximate surface area is 163 Å². The molecule has 152 valence electrons. The van der Waals surface area contributed by atoms with Gasteiger partial charge < -0.3 is 14.2 Å². The van der Waals surface area contributed by atoms with Gasteiger partial charge >= 0.3 is 11.9 Å². The topological polar surface area (TPSA) is 65.1 Å². The highest BCUT2D eigenvalue weighted by Crippen LogP contribution is 2.48. The standard InChI is InChI=1S/C22H34O5/c1-8-15(5)21(24)26-17-12-14(4)10-9-11-22(7)20(27-22)19(25-16(6)23)18(17)13(2)3/h8,10,13,17-20H,9,11-12H2,1-7H3. The molecule has 0 bridgehead atoms. The fourth-order valence-corrected chi connectivity index (χ4v) is 4.04. The molecule has 5 nitrogen and oxygen atoms in total. The molecule has 1 aliphatic heterocycles. The number of carbonyl (C=O) groups excluding carboxylic acids is 2. The number of fused-ring (bicyclic) bond motifs is 1. The lowest BCUT2D eigenvalue weighted by Crippen LogP contribution is -2.45. The Balaban J connectivity index is 2.42.